The summed E-state index contributed by atoms with van der Waals surface area (Å²) >= 11 is 5.46. The number of nitrogens with one attached hydrogen (secondary N) is 1. The summed E-state index contributed by atoms with van der Waals surface area (Å²) in [5.74, 6) is 2.66. The molecule has 1 aromatic rings. The first kappa shape index (κ1) is 13.6. The Labute approximate surface area is 117 Å². The highest BCUT2D eigenvalue weighted by Crippen LogP contribution is 2.37. The molecule has 3 heteroatoms. The molecule has 1 nitrogen and oxygen atoms in total. The van der Waals surface area contributed by atoms with Crippen molar-refractivity contribution >= 4 is 27.3 Å². The lowest BCUT2D eigenvalue weighted by Crippen LogP contribution is -2.32. The Bertz CT molecular complexity index is 350. The van der Waals surface area contributed by atoms with Crippen molar-refractivity contribution in [2.75, 3.05) is 13.6 Å². The monoisotopic (exact) mass is 315 g/mol. The Balaban J connectivity index is 1.99. The summed E-state index contributed by atoms with van der Waals surface area (Å²) in [5, 5.41) is 3.37. The van der Waals surface area contributed by atoms with Gasteiger partial charge in [-0.2, -0.15) is 0 Å². The zero-order valence-electron chi connectivity index (χ0n) is 10.7. The van der Waals surface area contributed by atoms with Crippen molar-refractivity contribution < 1.29 is 0 Å². The maximum atomic E-state index is 3.56. The lowest BCUT2D eigenvalue weighted by atomic mass is 9.73. The maximum Gasteiger partial charge on any atom is 0.0701 e. The van der Waals surface area contributed by atoms with Crippen molar-refractivity contribution in [2.24, 2.45) is 17.8 Å². The van der Waals surface area contributed by atoms with E-state index in [0.717, 1.165) is 17.8 Å². The van der Waals surface area contributed by atoms with Gasteiger partial charge in [-0.25, -0.2) is 0 Å². The average molecular weight is 316 g/mol. The maximum absolute atomic E-state index is 3.56. The molecule has 1 fully saturated rings. The van der Waals surface area contributed by atoms with E-state index < -0.39 is 0 Å². The Morgan fingerprint density at radius 1 is 1.35 bits per heavy atom. The van der Waals surface area contributed by atoms with Gasteiger partial charge in [-0.15, -0.1) is 11.3 Å². The molecular weight excluding hydrogens is 294 g/mol. The predicted molar refractivity (Wildman–Crippen MR) is 79.6 cm³/mol. The van der Waals surface area contributed by atoms with E-state index in [1.807, 2.05) is 11.3 Å². The highest BCUT2D eigenvalue weighted by Gasteiger charge is 2.28. The molecule has 96 valence electrons. The molecule has 0 amide bonds. The zero-order chi connectivity index (χ0) is 12.3. The minimum atomic E-state index is 0.872. The molecule has 17 heavy (non-hydrogen) atoms. The van der Waals surface area contributed by atoms with Crippen molar-refractivity contribution in [1.82, 2.24) is 5.32 Å². The van der Waals surface area contributed by atoms with Crippen LogP contribution in [-0.2, 0) is 6.42 Å². The summed E-state index contributed by atoms with van der Waals surface area (Å²) in [7, 11) is 2.08. The molecule has 1 aliphatic rings. The van der Waals surface area contributed by atoms with Crippen LogP contribution in [-0.4, -0.2) is 13.6 Å². The lowest BCUT2D eigenvalue weighted by molar-refractivity contribution is 0.187. The summed E-state index contributed by atoms with van der Waals surface area (Å²) in [6.45, 7) is 3.59. The Kier molecular flexibility index (Phi) is 5.07. The van der Waals surface area contributed by atoms with Crippen LogP contribution < -0.4 is 5.32 Å². The van der Waals surface area contributed by atoms with Crippen LogP contribution in [0.2, 0.25) is 0 Å². The van der Waals surface area contributed by atoms with Gasteiger partial charge in [-0.05, 0) is 78.7 Å². The van der Waals surface area contributed by atoms with Gasteiger partial charge in [0.25, 0.3) is 0 Å². The Morgan fingerprint density at radius 2 is 2.18 bits per heavy atom. The number of thiophene rings is 1. The quantitative estimate of drug-likeness (QED) is 0.872. The van der Waals surface area contributed by atoms with Crippen LogP contribution in [0.3, 0.4) is 0 Å². The lowest BCUT2D eigenvalue weighted by Gasteiger charge is -2.34. The van der Waals surface area contributed by atoms with Gasteiger partial charge in [-0.1, -0.05) is 13.3 Å². The molecule has 0 radical (unpaired) electrons. The fourth-order valence-electron chi connectivity index (χ4n) is 3.06. The molecule has 0 aromatic carbocycles. The van der Waals surface area contributed by atoms with Gasteiger partial charge in [0.2, 0.25) is 0 Å². The van der Waals surface area contributed by atoms with E-state index >= 15 is 0 Å². The Morgan fingerprint density at radius 3 is 2.82 bits per heavy atom. The van der Waals surface area contributed by atoms with Gasteiger partial charge in [-0.3, -0.25) is 0 Å². The SMILES string of the molecule is CNCC1CCC(C)CC1Cc1ccc(Br)s1. The molecule has 1 aliphatic carbocycles. The molecule has 3 atom stereocenters. The van der Waals surface area contributed by atoms with E-state index in [-0.39, 0.29) is 0 Å². The number of hydrogen-bond donors (Lipinski definition) is 1. The van der Waals surface area contributed by atoms with Gasteiger partial charge >= 0.3 is 0 Å². The van der Waals surface area contributed by atoms with E-state index in [4.69, 9.17) is 0 Å². The molecule has 0 aliphatic heterocycles. The largest absolute Gasteiger partial charge is 0.319 e. The molecule has 3 unspecified atom stereocenters. The summed E-state index contributed by atoms with van der Waals surface area (Å²) < 4.78 is 1.27. The molecule has 2 rings (SSSR count). The van der Waals surface area contributed by atoms with Gasteiger partial charge in [0.15, 0.2) is 0 Å². The van der Waals surface area contributed by atoms with E-state index in [1.165, 1.54) is 40.9 Å². The number of rotatable bonds is 4. The smallest absolute Gasteiger partial charge is 0.0701 e. The van der Waals surface area contributed by atoms with Gasteiger partial charge in [0.05, 0.1) is 3.79 Å². The number of hydrogen-bond acceptors (Lipinski definition) is 2. The van der Waals surface area contributed by atoms with Crippen LogP contribution in [0, 0.1) is 17.8 Å². The highest BCUT2D eigenvalue weighted by molar-refractivity contribution is 9.11. The van der Waals surface area contributed by atoms with Crippen molar-refractivity contribution in [1.29, 1.82) is 0 Å². The molecule has 1 aromatic heterocycles. The van der Waals surface area contributed by atoms with Crippen LogP contribution in [0.5, 0.6) is 0 Å². The fraction of sp³-hybridized carbons (Fsp3) is 0.714. The molecule has 0 saturated heterocycles. The molecular formula is C14H22BrNS. The van der Waals surface area contributed by atoms with Gasteiger partial charge in [0.1, 0.15) is 0 Å². The summed E-state index contributed by atoms with van der Waals surface area (Å²) in [6, 6.07) is 4.46. The molecule has 1 saturated carbocycles. The van der Waals surface area contributed by atoms with Crippen molar-refractivity contribution in [3.63, 3.8) is 0 Å². The normalized spacial score (nSPS) is 29.5. The van der Waals surface area contributed by atoms with Crippen molar-refractivity contribution in [3.8, 4) is 0 Å². The molecule has 0 bridgehead atoms. The summed E-state index contributed by atoms with van der Waals surface area (Å²) in [4.78, 5) is 1.54. The van der Waals surface area contributed by atoms with Crippen LogP contribution in [0.15, 0.2) is 15.9 Å². The van der Waals surface area contributed by atoms with E-state index in [1.54, 1.807) is 0 Å². The van der Waals surface area contributed by atoms with Gasteiger partial charge < -0.3 is 5.32 Å². The second-order valence-electron chi connectivity index (χ2n) is 5.41. The third kappa shape index (κ3) is 3.80. The van der Waals surface area contributed by atoms with Crippen LogP contribution >= 0.6 is 27.3 Å². The number of halogens is 1. The van der Waals surface area contributed by atoms with Gasteiger partial charge in [0, 0.05) is 4.88 Å². The summed E-state index contributed by atoms with van der Waals surface area (Å²) in [5.41, 5.74) is 0. The van der Waals surface area contributed by atoms with Crippen LogP contribution in [0.4, 0.5) is 0 Å². The van der Waals surface area contributed by atoms with Crippen molar-refractivity contribution in [3.05, 3.63) is 20.8 Å². The Hall–Kier alpha value is 0.140. The van der Waals surface area contributed by atoms with E-state index in [0.29, 0.717) is 0 Å². The highest BCUT2D eigenvalue weighted by atomic mass is 79.9. The summed E-state index contributed by atoms with van der Waals surface area (Å²) in [6.07, 6.45) is 5.49. The molecule has 1 heterocycles. The second kappa shape index (κ2) is 6.35. The third-order valence-corrected chi connectivity index (χ3v) is 5.61. The first-order valence-electron chi connectivity index (χ1n) is 6.58. The average Bonchev–Trinajstić information content (AvgIpc) is 2.68. The van der Waals surface area contributed by atoms with E-state index in [2.05, 4.69) is 47.4 Å². The third-order valence-electron chi connectivity index (χ3n) is 3.96. The second-order valence-corrected chi connectivity index (χ2v) is 7.95. The first-order valence-corrected chi connectivity index (χ1v) is 8.18. The van der Waals surface area contributed by atoms with Crippen LogP contribution in [0.25, 0.3) is 0 Å². The molecule has 0 spiro atoms. The minimum Gasteiger partial charge on any atom is -0.319 e. The van der Waals surface area contributed by atoms with Crippen molar-refractivity contribution in [2.45, 2.75) is 32.6 Å². The fourth-order valence-corrected chi connectivity index (χ4v) is 4.64. The predicted octanol–water partition coefficient (Wildman–Crippen LogP) is 4.32. The van der Waals surface area contributed by atoms with Crippen LogP contribution in [0.1, 0.15) is 31.1 Å². The topological polar surface area (TPSA) is 12.0 Å². The minimum absolute atomic E-state index is 0.872. The standard InChI is InChI=1S/C14H22BrNS/c1-10-3-4-11(9-16-2)12(7-10)8-13-5-6-14(15)17-13/h5-6,10-12,16H,3-4,7-9H2,1-2H3. The van der Waals surface area contributed by atoms with E-state index in [9.17, 15) is 0 Å². The molecule has 1 N–H and O–H groups in total. The first-order chi connectivity index (χ1) is 8.19. The zero-order valence-corrected chi connectivity index (χ0v) is 13.1.